The van der Waals surface area contributed by atoms with Crippen LogP contribution < -0.4 is 15.4 Å². The first-order chi connectivity index (χ1) is 12.8. The molecule has 0 aliphatic carbocycles. The minimum absolute atomic E-state index is 0.0195. The fourth-order valence-corrected chi connectivity index (χ4v) is 2.25. The molecule has 2 N–H and O–H groups in total. The summed E-state index contributed by atoms with van der Waals surface area (Å²) < 4.78 is 41.0. The zero-order chi connectivity index (χ0) is 19.9. The van der Waals surface area contributed by atoms with Gasteiger partial charge in [-0.1, -0.05) is 30.3 Å². The van der Waals surface area contributed by atoms with Crippen molar-refractivity contribution in [3.8, 4) is 5.75 Å². The SMILES string of the molecule is O=C(CCNc1ccccc1[N+](=O)[O-])NCc1ccccc1OC(F)(F)F. The average Bonchev–Trinajstić information content (AvgIpc) is 2.60. The number of halogens is 3. The van der Waals surface area contributed by atoms with Crippen molar-refractivity contribution in [2.45, 2.75) is 19.3 Å². The van der Waals surface area contributed by atoms with Gasteiger partial charge in [0, 0.05) is 31.1 Å². The van der Waals surface area contributed by atoms with Gasteiger partial charge in [-0.15, -0.1) is 13.2 Å². The molecule has 144 valence electrons. The van der Waals surface area contributed by atoms with E-state index < -0.39 is 17.2 Å². The first-order valence-electron chi connectivity index (χ1n) is 7.84. The lowest BCUT2D eigenvalue weighted by atomic mass is 10.2. The number of carbonyl (C=O) groups is 1. The number of hydrogen-bond donors (Lipinski definition) is 2. The Morgan fingerprint density at radius 1 is 1.11 bits per heavy atom. The fourth-order valence-electron chi connectivity index (χ4n) is 2.25. The summed E-state index contributed by atoms with van der Waals surface area (Å²) in [4.78, 5) is 22.2. The molecule has 7 nitrogen and oxygen atoms in total. The van der Waals surface area contributed by atoms with Crippen LogP contribution in [0.1, 0.15) is 12.0 Å². The third kappa shape index (κ3) is 6.49. The van der Waals surface area contributed by atoms with Crippen LogP contribution in [0.4, 0.5) is 24.5 Å². The second-order valence-corrected chi connectivity index (χ2v) is 5.38. The summed E-state index contributed by atoms with van der Waals surface area (Å²) in [5.74, 6) is -0.814. The summed E-state index contributed by atoms with van der Waals surface area (Å²) in [6.45, 7) is -0.0199. The number of ether oxygens (including phenoxy) is 1. The maximum absolute atomic E-state index is 12.4. The van der Waals surface area contributed by atoms with Crippen molar-refractivity contribution in [2.24, 2.45) is 0 Å². The molecule has 2 rings (SSSR count). The van der Waals surface area contributed by atoms with Gasteiger partial charge in [0.25, 0.3) is 5.69 Å². The highest BCUT2D eigenvalue weighted by atomic mass is 19.4. The van der Waals surface area contributed by atoms with Crippen LogP contribution >= 0.6 is 0 Å². The van der Waals surface area contributed by atoms with Crippen molar-refractivity contribution in [2.75, 3.05) is 11.9 Å². The Morgan fingerprint density at radius 2 is 1.78 bits per heavy atom. The number of rotatable bonds is 8. The molecule has 0 bridgehead atoms. The van der Waals surface area contributed by atoms with E-state index >= 15 is 0 Å². The molecule has 0 saturated heterocycles. The maximum Gasteiger partial charge on any atom is 0.573 e. The van der Waals surface area contributed by atoms with Gasteiger partial charge in [0.15, 0.2) is 0 Å². The molecule has 2 aromatic carbocycles. The first kappa shape index (κ1) is 20.0. The maximum atomic E-state index is 12.4. The van der Waals surface area contributed by atoms with Crippen LogP contribution in [0.5, 0.6) is 5.75 Å². The summed E-state index contributed by atoms with van der Waals surface area (Å²) in [5, 5.41) is 16.2. The minimum atomic E-state index is -4.82. The van der Waals surface area contributed by atoms with E-state index in [1.807, 2.05) is 0 Å². The molecule has 0 atom stereocenters. The van der Waals surface area contributed by atoms with Crippen LogP contribution in [-0.4, -0.2) is 23.7 Å². The van der Waals surface area contributed by atoms with Gasteiger partial charge in [-0.2, -0.15) is 0 Å². The Labute approximate surface area is 152 Å². The molecule has 0 aliphatic heterocycles. The van der Waals surface area contributed by atoms with Gasteiger partial charge in [0.05, 0.1) is 4.92 Å². The molecule has 0 saturated carbocycles. The number of benzene rings is 2. The Morgan fingerprint density at radius 3 is 2.48 bits per heavy atom. The van der Waals surface area contributed by atoms with Crippen LogP contribution in [0.3, 0.4) is 0 Å². The summed E-state index contributed by atoms with van der Waals surface area (Å²) in [5.41, 5.74) is 0.338. The monoisotopic (exact) mass is 383 g/mol. The van der Waals surface area contributed by atoms with Crippen molar-refractivity contribution in [3.63, 3.8) is 0 Å². The number of nitrogens with one attached hydrogen (secondary N) is 2. The zero-order valence-electron chi connectivity index (χ0n) is 14.0. The molecule has 0 aromatic heterocycles. The summed E-state index contributed by atoms with van der Waals surface area (Å²) in [6.07, 6.45) is -4.84. The number of nitro benzene ring substituents is 1. The van der Waals surface area contributed by atoms with E-state index in [9.17, 15) is 28.1 Å². The quantitative estimate of drug-likeness (QED) is 0.537. The molecular formula is C17H16F3N3O4. The van der Waals surface area contributed by atoms with Crippen LogP contribution in [0, 0.1) is 10.1 Å². The molecule has 0 fully saturated rings. The Balaban J connectivity index is 1.85. The van der Waals surface area contributed by atoms with Gasteiger partial charge in [-0.25, -0.2) is 0 Å². The number of amides is 1. The van der Waals surface area contributed by atoms with E-state index in [2.05, 4.69) is 15.4 Å². The molecule has 0 heterocycles. The lowest BCUT2D eigenvalue weighted by molar-refractivity contribution is -0.384. The molecule has 1 amide bonds. The van der Waals surface area contributed by atoms with Gasteiger partial charge >= 0.3 is 6.36 Å². The molecule has 0 aliphatic rings. The van der Waals surface area contributed by atoms with Gasteiger partial charge in [-0.3, -0.25) is 14.9 Å². The van der Waals surface area contributed by atoms with Crippen molar-refractivity contribution in [1.82, 2.24) is 5.32 Å². The zero-order valence-corrected chi connectivity index (χ0v) is 14.0. The third-order valence-electron chi connectivity index (χ3n) is 3.44. The van der Waals surface area contributed by atoms with Crippen molar-refractivity contribution < 1.29 is 27.6 Å². The normalized spacial score (nSPS) is 10.9. The Bertz CT molecular complexity index is 812. The number of nitrogens with zero attached hydrogens (tertiary/aromatic N) is 1. The standard InChI is InChI=1S/C17H16F3N3O4/c18-17(19,20)27-15-8-4-1-5-12(15)11-22-16(24)9-10-21-13-6-2-3-7-14(13)23(25)26/h1-8,21H,9-11H2,(H,22,24). The third-order valence-corrected chi connectivity index (χ3v) is 3.44. The Hall–Kier alpha value is -3.30. The second-order valence-electron chi connectivity index (χ2n) is 5.38. The van der Waals surface area contributed by atoms with E-state index in [1.165, 1.54) is 36.4 Å². The number of anilines is 1. The molecule has 27 heavy (non-hydrogen) atoms. The number of alkyl halides is 3. The molecule has 0 radical (unpaired) electrons. The van der Waals surface area contributed by atoms with E-state index in [1.54, 1.807) is 6.07 Å². The van der Waals surface area contributed by atoms with Crippen molar-refractivity contribution in [1.29, 1.82) is 0 Å². The highest BCUT2D eigenvalue weighted by molar-refractivity contribution is 5.76. The highest BCUT2D eigenvalue weighted by Gasteiger charge is 2.31. The van der Waals surface area contributed by atoms with Crippen molar-refractivity contribution in [3.05, 3.63) is 64.2 Å². The van der Waals surface area contributed by atoms with E-state index in [0.29, 0.717) is 0 Å². The molecular weight excluding hydrogens is 367 g/mol. The topological polar surface area (TPSA) is 93.5 Å². The van der Waals surface area contributed by atoms with Gasteiger partial charge in [0.2, 0.25) is 5.91 Å². The van der Waals surface area contributed by atoms with Crippen LogP contribution in [0.15, 0.2) is 48.5 Å². The predicted molar refractivity (Wildman–Crippen MR) is 91.2 cm³/mol. The largest absolute Gasteiger partial charge is 0.573 e. The van der Waals surface area contributed by atoms with Crippen LogP contribution in [0.2, 0.25) is 0 Å². The summed E-state index contributed by atoms with van der Waals surface area (Å²) in [7, 11) is 0. The lowest BCUT2D eigenvalue weighted by Crippen LogP contribution is -2.26. The molecule has 0 spiro atoms. The smallest absolute Gasteiger partial charge is 0.405 e. The molecule has 10 heteroatoms. The highest BCUT2D eigenvalue weighted by Crippen LogP contribution is 2.26. The van der Waals surface area contributed by atoms with Gasteiger partial charge in [0.1, 0.15) is 11.4 Å². The Kier molecular flexibility index (Phi) is 6.58. The second kappa shape index (κ2) is 8.88. The van der Waals surface area contributed by atoms with Gasteiger partial charge < -0.3 is 15.4 Å². The molecule has 0 unspecified atom stereocenters. The van der Waals surface area contributed by atoms with E-state index in [4.69, 9.17) is 0 Å². The lowest BCUT2D eigenvalue weighted by Gasteiger charge is -2.13. The average molecular weight is 383 g/mol. The first-order valence-corrected chi connectivity index (χ1v) is 7.84. The summed E-state index contributed by atoms with van der Waals surface area (Å²) >= 11 is 0. The number of para-hydroxylation sites is 3. The number of carbonyl (C=O) groups excluding carboxylic acids is 1. The fraction of sp³-hybridized carbons (Fsp3) is 0.235. The number of hydrogen-bond acceptors (Lipinski definition) is 5. The van der Waals surface area contributed by atoms with E-state index in [0.717, 1.165) is 6.07 Å². The summed E-state index contributed by atoms with van der Waals surface area (Å²) in [6, 6.07) is 11.5. The molecule has 2 aromatic rings. The van der Waals surface area contributed by atoms with Gasteiger partial charge in [-0.05, 0) is 12.1 Å². The minimum Gasteiger partial charge on any atom is -0.405 e. The van der Waals surface area contributed by atoms with E-state index in [-0.39, 0.29) is 42.2 Å². The predicted octanol–water partition coefficient (Wildman–Crippen LogP) is 3.61. The van der Waals surface area contributed by atoms with Crippen LogP contribution in [-0.2, 0) is 11.3 Å². The number of nitro groups is 1. The van der Waals surface area contributed by atoms with Crippen molar-refractivity contribution >= 4 is 17.3 Å². The van der Waals surface area contributed by atoms with Crippen LogP contribution in [0.25, 0.3) is 0 Å².